The number of carbonyl (C=O) groups is 1. The van der Waals surface area contributed by atoms with E-state index >= 15 is 0 Å². The molecule has 11 heteroatoms. The molecule has 2 fully saturated rings. The summed E-state index contributed by atoms with van der Waals surface area (Å²) < 4.78 is 40.4. The Balaban J connectivity index is 1.53. The smallest absolute Gasteiger partial charge is 0.368 e. The summed E-state index contributed by atoms with van der Waals surface area (Å²) >= 11 is 0. The van der Waals surface area contributed by atoms with E-state index in [1.54, 1.807) is 30.3 Å². The third kappa shape index (κ3) is 3.32. The number of pyridine rings is 2. The quantitative estimate of drug-likeness (QED) is 0.756. The number of halogens is 3. The van der Waals surface area contributed by atoms with Gasteiger partial charge in [-0.15, -0.1) is 0 Å². The maximum Gasteiger partial charge on any atom is 0.408 e. The van der Waals surface area contributed by atoms with Crippen molar-refractivity contribution in [2.24, 2.45) is 0 Å². The number of anilines is 4. The van der Waals surface area contributed by atoms with Crippen LogP contribution in [-0.2, 0) is 0 Å². The fourth-order valence-corrected chi connectivity index (χ4v) is 4.63. The molecule has 0 unspecified atom stereocenters. The lowest BCUT2D eigenvalue weighted by Gasteiger charge is -2.41. The molecule has 2 atom stereocenters. The molecule has 164 valence electrons. The molecule has 8 nitrogen and oxygen atoms in total. The summed E-state index contributed by atoms with van der Waals surface area (Å²) in [7, 11) is 0. The highest BCUT2D eigenvalue weighted by Crippen LogP contribution is 2.45. The van der Waals surface area contributed by atoms with Gasteiger partial charge in [0.1, 0.15) is 17.7 Å². The molecule has 0 radical (unpaired) electrons. The normalized spacial score (nSPS) is 25.0. The zero-order chi connectivity index (χ0) is 21.8. The van der Waals surface area contributed by atoms with E-state index in [0.29, 0.717) is 30.9 Å². The topological polar surface area (TPSA) is 84.8 Å². The van der Waals surface area contributed by atoms with E-state index in [9.17, 15) is 23.1 Å². The van der Waals surface area contributed by atoms with Crippen LogP contribution in [0, 0.1) is 0 Å². The van der Waals surface area contributed by atoms with Gasteiger partial charge in [0, 0.05) is 25.7 Å². The van der Waals surface area contributed by atoms with E-state index in [1.807, 2.05) is 4.90 Å². The molecule has 31 heavy (non-hydrogen) atoms. The van der Waals surface area contributed by atoms with Crippen molar-refractivity contribution >= 4 is 29.2 Å². The van der Waals surface area contributed by atoms with Gasteiger partial charge in [0.2, 0.25) is 0 Å². The average Bonchev–Trinajstić information content (AvgIpc) is 3.34. The van der Waals surface area contributed by atoms with Crippen LogP contribution >= 0.6 is 0 Å². The Kier molecular flexibility index (Phi) is 4.47. The molecule has 0 aromatic carbocycles. The van der Waals surface area contributed by atoms with Crippen LogP contribution in [0.2, 0.25) is 0 Å². The number of urea groups is 1. The monoisotopic (exact) mass is 434 g/mol. The molecule has 2 N–H and O–H groups in total. The van der Waals surface area contributed by atoms with Crippen molar-refractivity contribution in [1.29, 1.82) is 0 Å². The molecule has 2 amide bonds. The van der Waals surface area contributed by atoms with Gasteiger partial charge in [-0.3, -0.25) is 5.32 Å². The number of carbonyl (C=O) groups excluding carboxylic acids is 1. The van der Waals surface area contributed by atoms with Crippen molar-refractivity contribution in [3.8, 4) is 0 Å². The van der Waals surface area contributed by atoms with Crippen LogP contribution in [0.3, 0.4) is 0 Å². The lowest BCUT2D eigenvalue weighted by molar-refractivity contribution is -0.146. The van der Waals surface area contributed by atoms with Crippen LogP contribution in [0.15, 0.2) is 36.5 Å². The summed E-state index contributed by atoms with van der Waals surface area (Å²) in [4.78, 5) is 25.9. The predicted molar refractivity (Wildman–Crippen MR) is 108 cm³/mol. The van der Waals surface area contributed by atoms with E-state index in [2.05, 4.69) is 15.3 Å². The molecule has 2 bridgehead atoms. The first-order valence-electron chi connectivity index (χ1n) is 10.1. The van der Waals surface area contributed by atoms with E-state index in [-0.39, 0.29) is 31.1 Å². The molecule has 0 aliphatic carbocycles. The van der Waals surface area contributed by atoms with Gasteiger partial charge in [0.15, 0.2) is 11.5 Å². The molecule has 2 aromatic rings. The second-order valence-corrected chi connectivity index (χ2v) is 8.04. The summed E-state index contributed by atoms with van der Waals surface area (Å²) in [6.07, 6.45) is -2.15. The first-order valence-corrected chi connectivity index (χ1v) is 10.1. The summed E-state index contributed by atoms with van der Waals surface area (Å²) in [6.45, 7) is 0.933. The van der Waals surface area contributed by atoms with E-state index in [1.165, 1.54) is 11.1 Å². The highest BCUT2D eigenvalue weighted by molar-refractivity contribution is 6.04. The minimum absolute atomic E-state index is 0.00219. The van der Waals surface area contributed by atoms with E-state index in [4.69, 9.17) is 0 Å². The van der Waals surface area contributed by atoms with E-state index in [0.717, 1.165) is 4.90 Å². The van der Waals surface area contributed by atoms with Gasteiger partial charge in [0.05, 0.1) is 12.2 Å². The van der Waals surface area contributed by atoms with Crippen LogP contribution in [-0.4, -0.2) is 58.7 Å². The lowest BCUT2D eigenvalue weighted by atomic mass is 10.1. The maximum absolute atomic E-state index is 13.5. The molecular formula is C20H21F3N6O2. The number of nitrogens with one attached hydrogen (secondary N) is 1. The fraction of sp³-hybridized carbons (Fsp3) is 0.450. The molecule has 3 aliphatic rings. The molecule has 5 heterocycles. The summed E-state index contributed by atoms with van der Waals surface area (Å²) in [5.74, 6) is 0.580. The Labute approximate surface area is 176 Å². The third-order valence-electron chi connectivity index (χ3n) is 6.06. The van der Waals surface area contributed by atoms with Gasteiger partial charge in [-0.05, 0) is 37.1 Å². The van der Waals surface area contributed by atoms with Gasteiger partial charge >= 0.3 is 12.2 Å². The van der Waals surface area contributed by atoms with Gasteiger partial charge < -0.3 is 14.9 Å². The third-order valence-corrected chi connectivity index (χ3v) is 6.06. The van der Waals surface area contributed by atoms with Crippen LogP contribution in [0.25, 0.3) is 0 Å². The van der Waals surface area contributed by atoms with E-state index < -0.39 is 24.0 Å². The predicted octanol–water partition coefficient (Wildman–Crippen LogP) is 2.96. The number of nitrogens with zero attached hydrogens (tertiary/aromatic N) is 5. The number of aromatic nitrogens is 2. The van der Waals surface area contributed by atoms with Crippen LogP contribution in [0.5, 0.6) is 0 Å². The number of fused-ring (bicyclic) bond motifs is 4. The Morgan fingerprint density at radius 3 is 2.81 bits per heavy atom. The Bertz CT molecular complexity index is 1000. The maximum atomic E-state index is 13.5. The first kappa shape index (κ1) is 19.9. The largest absolute Gasteiger partial charge is 0.408 e. The summed E-state index contributed by atoms with van der Waals surface area (Å²) in [6, 6.07) is 6.00. The first-order chi connectivity index (χ1) is 14.8. The minimum atomic E-state index is -4.37. The number of amides is 2. The van der Waals surface area contributed by atoms with Gasteiger partial charge in [-0.25, -0.2) is 19.7 Å². The van der Waals surface area contributed by atoms with Crippen molar-refractivity contribution in [2.45, 2.75) is 37.2 Å². The lowest BCUT2D eigenvalue weighted by Crippen LogP contribution is -2.58. The zero-order valence-corrected chi connectivity index (χ0v) is 16.5. The molecule has 0 spiro atoms. The summed E-state index contributed by atoms with van der Waals surface area (Å²) in [5, 5.41) is 13.8. The Morgan fingerprint density at radius 1 is 1.23 bits per heavy atom. The fourth-order valence-electron chi connectivity index (χ4n) is 4.63. The number of aliphatic hydroxyl groups is 1. The molecule has 2 saturated heterocycles. The molecule has 2 aromatic heterocycles. The summed E-state index contributed by atoms with van der Waals surface area (Å²) in [5.41, 5.74) is -0.906. The molecule has 3 aliphatic heterocycles. The number of alkyl halides is 3. The van der Waals surface area contributed by atoms with Crippen molar-refractivity contribution in [1.82, 2.24) is 9.97 Å². The molecular weight excluding hydrogens is 413 g/mol. The minimum Gasteiger partial charge on any atom is -0.368 e. The van der Waals surface area contributed by atoms with Crippen LogP contribution in [0.1, 0.15) is 19.3 Å². The Hall–Kier alpha value is -3.08. The Morgan fingerprint density at radius 2 is 2.06 bits per heavy atom. The van der Waals surface area contributed by atoms with Crippen LogP contribution in [0.4, 0.5) is 41.1 Å². The standard InChI is InChI=1S/C20H21F3N6O2/c21-20(22,23)14-4-3-10-28(14)16-7-6-13-17(26-16)29(19(31)8-11-27(13)12-19)18(30)25-15-5-1-2-9-24-15/h1-2,5-7,9,14,31H,3-4,8,10-12H2,(H,24,25,30)/t14-,19+/m0/s1. The number of hydrogen-bond donors (Lipinski definition) is 2. The molecule has 0 saturated carbocycles. The zero-order valence-electron chi connectivity index (χ0n) is 16.5. The second-order valence-electron chi connectivity index (χ2n) is 8.04. The van der Waals surface area contributed by atoms with Crippen molar-refractivity contribution < 1.29 is 23.1 Å². The highest BCUT2D eigenvalue weighted by Gasteiger charge is 2.52. The molecule has 5 rings (SSSR count). The SMILES string of the molecule is O=C(Nc1ccccn1)N1c2nc(N3CCC[C@H]3C(F)(F)F)ccc2N2CC[C@@]1(O)C2. The van der Waals surface area contributed by atoms with Gasteiger partial charge in [0.25, 0.3) is 0 Å². The van der Waals surface area contributed by atoms with Crippen molar-refractivity contribution in [2.75, 3.05) is 39.7 Å². The number of hydrogen-bond acceptors (Lipinski definition) is 6. The van der Waals surface area contributed by atoms with Gasteiger partial charge in [-0.2, -0.15) is 13.2 Å². The number of rotatable bonds is 2. The van der Waals surface area contributed by atoms with Crippen LogP contribution < -0.4 is 20.0 Å². The van der Waals surface area contributed by atoms with Crippen molar-refractivity contribution in [3.63, 3.8) is 0 Å². The second kappa shape index (κ2) is 6.98. The van der Waals surface area contributed by atoms with Gasteiger partial charge in [-0.1, -0.05) is 6.07 Å². The highest BCUT2D eigenvalue weighted by atomic mass is 19.4. The van der Waals surface area contributed by atoms with Crippen molar-refractivity contribution in [3.05, 3.63) is 36.5 Å². The average molecular weight is 434 g/mol.